The second-order valence-electron chi connectivity index (χ2n) is 3.89. The molecule has 1 atom stereocenters. The summed E-state index contributed by atoms with van der Waals surface area (Å²) in [6, 6.07) is 4.86. The van der Waals surface area contributed by atoms with Crippen molar-refractivity contribution in [1.29, 1.82) is 0 Å². The van der Waals surface area contributed by atoms with Crippen molar-refractivity contribution in [1.82, 2.24) is 5.32 Å². The van der Waals surface area contributed by atoms with E-state index in [1.165, 1.54) is 12.1 Å². The Morgan fingerprint density at radius 3 is 2.81 bits per heavy atom. The number of hydrogen-bond acceptors (Lipinski definition) is 2. The monoisotopic (exact) mass is 225 g/mol. The quantitative estimate of drug-likeness (QED) is 0.750. The predicted octanol–water partition coefficient (Wildman–Crippen LogP) is 3.29. The molecule has 2 nitrogen and oxygen atoms in total. The van der Waals surface area contributed by atoms with Gasteiger partial charge in [0, 0.05) is 17.7 Å². The maximum atomic E-state index is 13.1. The molecule has 0 spiro atoms. The lowest BCUT2D eigenvalue weighted by molar-refractivity contribution is 0.302. The third-order valence-corrected chi connectivity index (χ3v) is 2.63. The Hall–Kier alpha value is -1.09. The fourth-order valence-electron chi connectivity index (χ4n) is 1.47. The Kier molecular flexibility index (Phi) is 5.26. The van der Waals surface area contributed by atoms with Gasteiger partial charge >= 0.3 is 0 Å². The summed E-state index contributed by atoms with van der Waals surface area (Å²) in [4.78, 5) is 0. The molecule has 0 aliphatic heterocycles. The van der Waals surface area contributed by atoms with Crippen molar-refractivity contribution in [2.24, 2.45) is 0 Å². The van der Waals surface area contributed by atoms with Gasteiger partial charge in [0.25, 0.3) is 0 Å². The fraction of sp³-hybridized carbons (Fsp3) is 0.538. The van der Waals surface area contributed by atoms with Crippen LogP contribution in [0.4, 0.5) is 4.39 Å². The number of rotatable bonds is 6. The number of hydrogen-bond donors (Lipinski definition) is 1. The number of ether oxygens (including phenoxy) is 1. The summed E-state index contributed by atoms with van der Waals surface area (Å²) in [6.45, 7) is 4.77. The summed E-state index contributed by atoms with van der Waals surface area (Å²) in [6.07, 6.45) is 2.07. The number of unbranched alkanes of at least 4 members (excludes halogenated alkanes) is 1. The molecule has 0 heterocycles. The van der Waals surface area contributed by atoms with Crippen LogP contribution in [0.15, 0.2) is 18.2 Å². The Bertz CT molecular complexity index is 328. The van der Waals surface area contributed by atoms with Gasteiger partial charge in [0.1, 0.15) is 11.6 Å². The first-order valence-electron chi connectivity index (χ1n) is 5.78. The summed E-state index contributed by atoms with van der Waals surface area (Å²) in [7, 11) is 1.88. The van der Waals surface area contributed by atoms with Crippen LogP contribution >= 0.6 is 0 Å². The largest absolute Gasteiger partial charge is 0.493 e. The van der Waals surface area contributed by atoms with Crippen LogP contribution in [0.3, 0.4) is 0 Å². The summed E-state index contributed by atoms with van der Waals surface area (Å²) >= 11 is 0. The third kappa shape index (κ3) is 3.49. The number of benzene rings is 1. The van der Waals surface area contributed by atoms with Crippen LogP contribution in [-0.4, -0.2) is 13.7 Å². The molecule has 0 fully saturated rings. The van der Waals surface area contributed by atoms with Gasteiger partial charge in [-0.1, -0.05) is 19.4 Å². The van der Waals surface area contributed by atoms with E-state index in [1.54, 1.807) is 6.07 Å². The van der Waals surface area contributed by atoms with Crippen molar-refractivity contribution in [3.63, 3.8) is 0 Å². The smallest absolute Gasteiger partial charge is 0.126 e. The average Bonchev–Trinajstić information content (AvgIpc) is 2.29. The normalized spacial score (nSPS) is 12.5. The maximum Gasteiger partial charge on any atom is 0.126 e. The first kappa shape index (κ1) is 13.0. The first-order valence-corrected chi connectivity index (χ1v) is 5.78. The van der Waals surface area contributed by atoms with Crippen molar-refractivity contribution in [3.05, 3.63) is 29.6 Å². The van der Waals surface area contributed by atoms with Gasteiger partial charge in [-0.05, 0) is 26.5 Å². The molecule has 1 aromatic carbocycles. The molecule has 0 aliphatic carbocycles. The molecule has 90 valence electrons. The molecule has 1 unspecified atom stereocenters. The van der Waals surface area contributed by atoms with Crippen molar-refractivity contribution in [2.45, 2.75) is 32.7 Å². The highest BCUT2D eigenvalue weighted by Gasteiger charge is 2.10. The standard InChI is InChI=1S/C13H20FNO/c1-4-5-8-16-13-9-11(14)6-7-12(13)10(2)15-3/h6-7,9-10,15H,4-5,8H2,1-3H3. The van der Waals surface area contributed by atoms with Crippen LogP contribution in [-0.2, 0) is 0 Å². The molecule has 0 amide bonds. The van der Waals surface area contributed by atoms with Crippen LogP contribution < -0.4 is 10.1 Å². The Balaban J connectivity index is 2.81. The van der Waals surface area contributed by atoms with E-state index < -0.39 is 0 Å². The van der Waals surface area contributed by atoms with Crippen LogP contribution in [0, 0.1) is 5.82 Å². The van der Waals surface area contributed by atoms with Crippen molar-refractivity contribution >= 4 is 0 Å². The van der Waals surface area contributed by atoms with Crippen LogP contribution in [0.2, 0.25) is 0 Å². The highest BCUT2D eigenvalue weighted by atomic mass is 19.1. The Morgan fingerprint density at radius 1 is 1.44 bits per heavy atom. The van der Waals surface area contributed by atoms with Gasteiger partial charge in [-0.25, -0.2) is 4.39 Å². The number of halogens is 1. The highest BCUT2D eigenvalue weighted by molar-refractivity contribution is 5.36. The van der Waals surface area contributed by atoms with E-state index in [2.05, 4.69) is 12.2 Å². The van der Waals surface area contributed by atoms with E-state index in [0.29, 0.717) is 12.4 Å². The molecular formula is C13H20FNO. The van der Waals surface area contributed by atoms with Gasteiger partial charge < -0.3 is 10.1 Å². The highest BCUT2D eigenvalue weighted by Crippen LogP contribution is 2.26. The molecule has 0 radical (unpaired) electrons. The summed E-state index contributed by atoms with van der Waals surface area (Å²) in [5.41, 5.74) is 1.00. The van der Waals surface area contributed by atoms with Crippen LogP contribution in [0.25, 0.3) is 0 Å². The van der Waals surface area contributed by atoms with Gasteiger partial charge in [0.05, 0.1) is 6.61 Å². The van der Waals surface area contributed by atoms with E-state index >= 15 is 0 Å². The van der Waals surface area contributed by atoms with Gasteiger partial charge in [-0.3, -0.25) is 0 Å². The van der Waals surface area contributed by atoms with E-state index in [4.69, 9.17) is 4.74 Å². The molecule has 0 saturated carbocycles. The van der Waals surface area contributed by atoms with E-state index in [0.717, 1.165) is 18.4 Å². The topological polar surface area (TPSA) is 21.3 Å². The van der Waals surface area contributed by atoms with Crippen molar-refractivity contribution < 1.29 is 9.13 Å². The molecule has 1 rings (SSSR count). The van der Waals surface area contributed by atoms with Crippen molar-refractivity contribution in [2.75, 3.05) is 13.7 Å². The Labute approximate surface area is 96.8 Å². The fourth-order valence-corrected chi connectivity index (χ4v) is 1.47. The zero-order valence-corrected chi connectivity index (χ0v) is 10.2. The van der Waals surface area contributed by atoms with Gasteiger partial charge in [-0.2, -0.15) is 0 Å². The molecule has 0 aliphatic rings. The van der Waals surface area contributed by atoms with E-state index in [-0.39, 0.29) is 11.9 Å². The summed E-state index contributed by atoms with van der Waals surface area (Å²) < 4.78 is 18.7. The molecule has 1 N–H and O–H groups in total. The summed E-state index contributed by atoms with van der Waals surface area (Å²) in [5, 5.41) is 3.13. The second kappa shape index (κ2) is 6.48. The number of nitrogens with one attached hydrogen (secondary N) is 1. The van der Waals surface area contributed by atoms with Gasteiger partial charge in [-0.15, -0.1) is 0 Å². The lowest BCUT2D eigenvalue weighted by Gasteiger charge is -2.16. The predicted molar refractivity (Wildman–Crippen MR) is 64.3 cm³/mol. The lowest BCUT2D eigenvalue weighted by atomic mass is 10.1. The maximum absolute atomic E-state index is 13.1. The molecule has 3 heteroatoms. The second-order valence-corrected chi connectivity index (χ2v) is 3.89. The molecule has 0 bridgehead atoms. The van der Waals surface area contributed by atoms with Crippen LogP contribution in [0.1, 0.15) is 38.3 Å². The third-order valence-electron chi connectivity index (χ3n) is 2.63. The zero-order chi connectivity index (χ0) is 12.0. The SMILES string of the molecule is CCCCOc1cc(F)ccc1C(C)NC. The molecule has 16 heavy (non-hydrogen) atoms. The Morgan fingerprint density at radius 2 is 2.19 bits per heavy atom. The minimum atomic E-state index is -0.251. The van der Waals surface area contributed by atoms with Crippen LogP contribution in [0.5, 0.6) is 5.75 Å². The van der Waals surface area contributed by atoms with Gasteiger partial charge in [0.2, 0.25) is 0 Å². The molecule has 0 saturated heterocycles. The molecular weight excluding hydrogens is 205 g/mol. The first-order chi connectivity index (χ1) is 7.69. The summed E-state index contributed by atoms with van der Waals surface area (Å²) in [5.74, 6) is 0.397. The minimum absolute atomic E-state index is 0.164. The molecule has 0 aromatic heterocycles. The average molecular weight is 225 g/mol. The van der Waals surface area contributed by atoms with Crippen molar-refractivity contribution in [3.8, 4) is 5.75 Å². The minimum Gasteiger partial charge on any atom is -0.493 e. The van der Waals surface area contributed by atoms with E-state index in [1.807, 2.05) is 14.0 Å². The van der Waals surface area contributed by atoms with Gasteiger partial charge in [0.15, 0.2) is 0 Å². The van der Waals surface area contributed by atoms with E-state index in [9.17, 15) is 4.39 Å². The zero-order valence-electron chi connectivity index (χ0n) is 10.2. The lowest BCUT2D eigenvalue weighted by Crippen LogP contribution is -2.14. The molecule has 1 aromatic rings.